The Bertz CT molecular complexity index is 501. The van der Waals surface area contributed by atoms with Crippen molar-refractivity contribution in [2.75, 3.05) is 29.9 Å². The highest BCUT2D eigenvalue weighted by Gasteiger charge is 2.01. The van der Waals surface area contributed by atoms with Gasteiger partial charge in [0.15, 0.2) is 0 Å². The lowest BCUT2D eigenvalue weighted by molar-refractivity contribution is 0.860. The zero-order chi connectivity index (χ0) is 14.9. The molecule has 0 aliphatic rings. The predicted molar refractivity (Wildman–Crippen MR) is 93.3 cm³/mol. The second-order valence-electron chi connectivity index (χ2n) is 5.24. The Morgan fingerprint density at radius 1 is 0.857 bits per heavy atom. The topological polar surface area (TPSA) is 15.3 Å². The second-order valence-corrected chi connectivity index (χ2v) is 5.24. The molecule has 21 heavy (non-hydrogen) atoms. The number of nitrogens with zero attached hydrogens (tertiary/aromatic N) is 1. The Labute approximate surface area is 128 Å². The van der Waals surface area contributed by atoms with Crippen molar-refractivity contribution >= 4 is 11.4 Å². The van der Waals surface area contributed by atoms with E-state index in [-0.39, 0.29) is 0 Å². The average molecular weight is 282 g/mol. The quantitative estimate of drug-likeness (QED) is 0.713. The molecular formula is C19H26N2. The maximum Gasteiger partial charge on any atom is 0.0367 e. The minimum Gasteiger partial charge on any atom is -0.385 e. The summed E-state index contributed by atoms with van der Waals surface area (Å²) in [6.45, 7) is 7.51. The molecule has 1 N–H and O–H groups in total. The van der Waals surface area contributed by atoms with Crippen LogP contribution >= 0.6 is 0 Å². The zero-order valence-corrected chi connectivity index (χ0v) is 13.2. The van der Waals surface area contributed by atoms with E-state index in [2.05, 4.69) is 78.7 Å². The van der Waals surface area contributed by atoms with E-state index in [0.29, 0.717) is 0 Å². The van der Waals surface area contributed by atoms with Crippen LogP contribution in [0.4, 0.5) is 11.4 Å². The molecule has 2 aromatic rings. The fourth-order valence-corrected chi connectivity index (χ4v) is 2.55. The molecule has 112 valence electrons. The van der Waals surface area contributed by atoms with Crippen LogP contribution in [0.1, 0.15) is 25.8 Å². The number of aryl methyl sites for hydroxylation is 1. The Hall–Kier alpha value is -1.96. The van der Waals surface area contributed by atoms with Crippen molar-refractivity contribution in [1.82, 2.24) is 0 Å². The third-order valence-electron chi connectivity index (χ3n) is 3.81. The van der Waals surface area contributed by atoms with Crippen molar-refractivity contribution in [3.63, 3.8) is 0 Å². The van der Waals surface area contributed by atoms with Crippen molar-refractivity contribution in [2.24, 2.45) is 0 Å². The first kappa shape index (κ1) is 15.4. The maximum absolute atomic E-state index is 3.50. The summed E-state index contributed by atoms with van der Waals surface area (Å²) in [4.78, 5) is 2.36. The van der Waals surface area contributed by atoms with Gasteiger partial charge in [0.25, 0.3) is 0 Å². The summed E-state index contributed by atoms with van der Waals surface area (Å²) >= 11 is 0. The predicted octanol–water partition coefficient (Wildman–Crippen LogP) is 4.58. The molecule has 0 spiro atoms. The van der Waals surface area contributed by atoms with Crippen LogP contribution in [0.5, 0.6) is 0 Å². The van der Waals surface area contributed by atoms with Crippen molar-refractivity contribution < 1.29 is 0 Å². The van der Waals surface area contributed by atoms with Crippen LogP contribution in [0.2, 0.25) is 0 Å². The van der Waals surface area contributed by atoms with Crippen LogP contribution in [0.15, 0.2) is 54.6 Å². The molecule has 2 aromatic carbocycles. The first-order valence-corrected chi connectivity index (χ1v) is 7.96. The first-order valence-electron chi connectivity index (χ1n) is 7.96. The molecule has 0 amide bonds. The molecule has 0 radical (unpaired) electrons. The lowest BCUT2D eigenvalue weighted by Gasteiger charge is -2.21. The van der Waals surface area contributed by atoms with Gasteiger partial charge in [0.2, 0.25) is 0 Å². The average Bonchev–Trinajstić information content (AvgIpc) is 2.55. The number of rotatable bonds is 8. The van der Waals surface area contributed by atoms with Crippen molar-refractivity contribution in [3.05, 3.63) is 60.2 Å². The van der Waals surface area contributed by atoms with E-state index in [1.807, 2.05) is 0 Å². The molecule has 0 bridgehead atoms. The lowest BCUT2D eigenvalue weighted by Crippen LogP contribution is -2.21. The number of hydrogen-bond donors (Lipinski definition) is 1. The van der Waals surface area contributed by atoms with Gasteiger partial charge in [-0.25, -0.2) is 0 Å². The third-order valence-corrected chi connectivity index (χ3v) is 3.81. The standard InChI is InChI=1S/C19H26N2/c1-3-21(4-2)19-14-12-18(13-15-19)20-16-8-11-17-9-6-5-7-10-17/h5-7,9-10,12-15,20H,3-4,8,11,16H2,1-2H3. The largest absolute Gasteiger partial charge is 0.385 e. The van der Waals surface area contributed by atoms with Gasteiger partial charge in [-0.15, -0.1) is 0 Å². The van der Waals surface area contributed by atoms with Gasteiger partial charge in [0, 0.05) is 31.0 Å². The van der Waals surface area contributed by atoms with Gasteiger partial charge < -0.3 is 10.2 Å². The zero-order valence-electron chi connectivity index (χ0n) is 13.2. The Morgan fingerprint density at radius 2 is 1.52 bits per heavy atom. The highest BCUT2D eigenvalue weighted by atomic mass is 15.1. The number of anilines is 2. The summed E-state index contributed by atoms with van der Waals surface area (Å²) in [5.41, 5.74) is 3.92. The molecule has 0 heterocycles. The molecular weight excluding hydrogens is 256 g/mol. The van der Waals surface area contributed by atoms with Crippen LogP contribution in [-0.4, -0.2) is 19.6 Å². The molecule has 0 aliphatic carbocycles. The van der Waals surface area contributed by atoms with Crippen LogP contribution in [0.3, 0.4) is 0 Å². The van der Waals surface area contributed by atoms with Gasteiger partial charge in [-0.05, 0) is 56.5 Å². The highest BCUT2D eigenvalue weighted by Crippen LogP contribution is 2.17. The van der Waals surface area contributed by atoms with Crippen LogP contribution in [0, 0.1) is 0 Å². The van der Waals surface area contributed by atoms with Gasteiger partial charge in [-0.1, -0.05) is 30.3 Å². The van der Waals surface area contributed by atoms with Crippen molar-refractivity contribution in [1.29, 1.82) is 0 Å². The molecule has 0 unspecified atom stereocenters. The van der Waals surface area contributed by atoms with Crippen molar-refractivity contribution in [3.8, 4) is 0 Å². The van der Waals surface area contributed by atoms with E-state index in [1.54, 1.807) is 0 Å². The second kappa shape index (κ2) is 8.35. The fraction of sp³-hybridized carbons (Fsp3) is 0.368. The number of nitrogens with one attached hydrogen (secondary N) is 1. The molecule has 0 atom stereocenters. The summed E-state index contributed by atoms with van der Waals surface area (Å²) < 4.78 is 0. The van der Waals surface area contributed by atoms with Crippen molar-refractivity contribution in [2.45, 2.75) is 26.7 Å². The minimum absolute atomic E-state index is 1.01. The summed E-state index contributed by atoms with van der Waals surface area (Å²) in [7, 11) is 0. The van der Waals surface area contributed by atoms with Crippen LogP contribution in [0.25, 0.3) is 0 Å². The summed E-state index contributed by atoms with van der Waals surface area (Å²) in [5.74, 6) is 0. The monoisotopic (exact) mass is 282 g/mol. The molecule has 0 fully saturated rings. The van der Waals surface area contributed by atoms with E-state index < -0.39 is 0 Å². The van der Waals surface area contributed by atoms with Gasteiger partial charge in [-0.2, -0.15) is 0 Å². The number of benzene rings is 2. The van der Waals surface area contributed by atoms with E-state index >= 15 is 0 Å². The fourth-order valence-electron chi connectivity index (χ4n) is 2.55. The third kappa shape index (κ3) is 4.82. The van der Waals surface area contributed by atoms with Crippen LogP contribution < -0.4 is 10.2 Å². The maximum atomic E-state index is 3.50. The molecule has 0 saturated heterocycles. The normalized spacial score (nSPS) is 10.4. The van der Waals surface area contributed by atoms with Gasteiger partial charge in [0.05, 0.1) is 0 Å². The molecule has 2 rings (SSSR count). The summed E-state index contributed by atoms with van der Waals surface area (Å²) in [6, 6.07) is 19.4. The Morgan fingerprint density at radius 3 is 2.14 bits per heavy atom. The van der Waals surface area contributed by atoms with Gasteiger partial charge in [0.1, 0.15) is 0 Å². The highest BCUT2D eigenvalue weighted by molar-refractivity contribution is 5.55. The molecule has 0 aromatic heterocycles. The number of hydrogen-bond acceptors (Lipinski definition) is 2. The van der Waals surface area contributed by atoms with E-state index in [4.69, 9.17) is 0 Å². The molecule has 2 nitrogen and oxygen atoms in total. The molecule has 0 saturated carbocycles. The van der Waals surface area contributed by atoms with E-state index in [9.17, 15) is 0 Å². The SMILES string of the molecule is CCN(CC)c1ccc(NCCCc2ccccc2)cc1. The molecule has 0 aliphatic heterocycles. The Balaban J connectivity index is 1.76. The van der Waals surface area contributed by atoms with Gasteiger partial charge in [-0.3, -0.25) is 0 Å². The summed E-state index contributed by atoms with van der Waals surface area (Å²) in [6.07, 6.45) is 2.28. The first-order chi connectivity index (χ1) is 10.3. The van der Waals surface area contributed by atoms with Gasteiger partial charge >= 0.3 is 0 Å². The molecule has 2 heteroatoms. The summed E-state index contributed by atoms with van der Waals surface area (Å²) in [5, 5.41) is 3.50. The smallest absolute Gasteiger partial charge is 0.0367 e. The van der Waals surface area contributed by atoms with E-state index in [0.717, 1.165) is 32.5 Å². The van der Waals surface area contributed by atoms with Crippen LogP contribution in [-0.2, 0) is 6.42 Å². The lowest BCUT2D eigenvalue weighted by atomic mass is 10.1. The Kier molecular flexibility index (Phi) is 6.14. The minimum atomic E-state index is 1.01. The van der Waals surface area contributed by atoms with E-state index in [1.165, 1.54) is 16.9 Å².